The SMILES string of the molecule is O=C(NC1CCCN(c2ncccn2)C1)C1CC2CCCCC2N1C(=O)c1ccccc1. The molecule has 2 amide bonds. The van der Waals surface area contributed by atoms with Crippen LogP contribution in [0.15, 0.2) is 48.8 Å². The summed E-state index contributed by atoms with van der Waals surface area (Å²) in [7, 11) is 0. The minimum absolute atomic E-state index is 0.00971. The maximum absolute atomic E-state index is 13.5. The molecule has 7 heteroatoms. The molecule has 1 saturated carbocycles. The minimum Gasteiger partial charge on any atom is -0.350 e. The number of hydrogen-bond acceptors (Lipinski definition) is 5. The predicted molar refractivity (Wildman–Crippen MR) is 122 cm³/mol. The quantitative estimate of drug-likeness (QED) is 0.802. The second kappa shape index (κ2) is 9.27. The number of nitrogens with zero attached hydrogens (tertiary/aromatic N) is 4. The molecule has 2 saturated heterocycles. The Balaban J connectivity index is 1.31. The summed E-state index contributed by atoms with van der Waals surface area (Å²) in [6.07, 6.45) is 10.6. The second-order valence-corrected chi connectivity index (χ2v) is 9.28. The van der Waals surface area contributed by atoms with Gasteiger partial charge in [-0.2, -0.15) is 0 Å². The fraction of sp³-hybridized carbons (Fsp3) is 0.520. The zero-order chi connectivity index (χ0) is 21.9. The van der Waals surface area contributed by atoms with Crippen molar-refractivity contribution in [1.29, 1.82) is 0 Å². The fourth-order valence-corrected chi connectivity index (χ4v) is 5.74. The van der Waals surface area contributed by atoms with Crippen LogP contribution < -0.4 is 10.2 Å². The van der Waals surface area contributed by atoms with Gasteiger partial charge in [-0.25, -0.2) is 9.97 Å². The highest BCUT2D eigenvalue weighted by Gasteiger charge is 2.47. The number of aromatic nitrogens is 2. The Kier molecular flexibility index (Phi) is 6.06. The Morgan fingerprint density at radius 3 is 2.53 bits per heavy atom. The molecular weight excluding hydrogens is 402 g/mol. The van der Waals surface area contributed by atoms with Crippen molar-refractivity contribution in [1.82, 2.24) is 20.2 Å². The Bertz CT molecular complexity index is 938. The lowest BCUT2D eigenvalue weighted by molar-refractivity contribution is -0.126. The van der Waals surface area contributed by atoms with Crippen LogP contribution in [0.3, 0.4) is 0 Å². The smallest absolute Gasteiger partial charge is 0.254 e. The molecular formula is C25H31N5O2. The molecule has 4 unspecified atom stereocenters. The second-order valence-electron chi connectivity index (χ2n) is 9.28. The van der Waals surface area contributed by atoms with E-state index in [0.717, 1.165) is 45.1 Å². The van der Waals surface area contributed by atoms with E-state index in [0.29, 0.717) is 24.0 Å². The van der Waals surface area contributed by atoms with Gasteiger partial charge in [-0.05, 0) is 56.2 Å². The van der Waals surface area contributed by atoms with Crippen LogP contribution in [0.25, 0.3) is 0 Å². The van der Waals surface area contributed by atoms with Crippen molar-refractivity contribution >= 4 is 17.8 Å². The van der Waals surface area contributed by atoms with E-state index in [1.807, 2.05) is 41.3 Å². The summed E-state index contributed by atoms with van der Waals surface area (Å²) < 4.78 is 0. The van der Waals surface area contributed by atoms with E-state index < -0.39 is 0 Å². The normalized spacial score (nSPS) is 27.6. The van der Waals surface area contributed by atoms with Gasteiger partial charge in [-0.1, -0.05) is 31.0 Å². The highest BCUT2D eigenvalue weighted by molar-refractivity contribution is 5.98. The Morgan fingerprint density at radius 1 is 0.938 bits per heavy atom. The summed E-state index contributed by atoms with van der Waals surface area (Å²) >= 11 is 0. The van der Waals surface area contributed by atoms with E-state index in [1.54, 1.807) is 12.4 Å². The summed E-state index contributed by atoms with van der Waals surface area (Å²) in [5.41, 5.74) is 0.668. The third-order valence-electron chi connectivity index (χ3n) is 7.25. The van der Waals surface area contributed by atoms with Gasteiger partial charge in [-0.3, -0.25) is 9.59 Å². The topological polar surface area (TPSA) is 78.4 Å². The minimum atomic E-state index is -0.390. The van der Waals surface area contributed by atoms with Crippen molar-refractivity contribution in [2.75, 3.05) is 18.0 Å². The van der Waals surface area contributed by atoms with Gasteiger partial charge in [0.25, 0.3) is 5.91 Å². The van der Waals surface area contributed by atoms with Gasteiger partial charge in [0, 0.05) is 43.1 Å². The Labute approximate surface area is 189 Å². The zero-order valence-corrected chi connectivity index (χ0v) is 18.4. The van der Waals surface area contributed by atoms with Gasteiger partial charge >= 0.3 is 0 Å². The highest BCUT2D eigenvalue weighted by atomic mass is 16.2. The van der Waals surface area contributed by atoms with Gasteiger partial charge in [-0.15, -0.1) is 0 Å². The molecule has 7 nitrogen and oxygen atoms in total. The van der Waals surface area contributed by atoms with Crippen molar-refractivity contribution in [2.45, 2.75) is 63.1 Å². The molecule has 1 aliphatic carbocycles. The number of likely N-dealkylation sites (tertiary alicyclic amines) is 1. The number of rotatable bonds is 4. The molecule has 32 heavy (non-hydrogen) atoms. The van der Waals surface area contributed by atoms with Gasteiger partial charge < -0.3 is 15.1 Å². The molecule has 3 heterocycles. The first-order valence-electron chi connectivity index (χ1n) is 11.9. The summed E-state index contributed by atoms with van der Waals surface area (Å²) in [6, 6.07) is 11.0. The van der Waals surface area contributed by atoms with E-state index in [1.165, 1.54) is 6.42 Å². The number of anilines is 1. The molecule has 1 aromatic heterocycles. The van der Waals surface area contributed by atoms with E-state index in [9.17, 15) is 9.59 Å². The lowest BCUT2D eigenvalue weighted by Gasteiger charge is -2.36. The summed E-state index contributed by atoms with van der Waals surface area (Å²) in [5, 5.41) is 3.28. The summed E-state index contributed by atoms with van der Waals surface area (Å²) in [5.74, 6) is 1.11. The van der Waals surface area contributed by atoms with Crippen molar-refractivity contribution in [2.24, 2.45) is 5.92 Å². The van der Waals surface area contributed by atoms with Crippen LogP contribution in [0.2, 0.25) is 0 Å². The number of amides is 2. The lowest BCUT2D eigenvalue weighted by atomic mass is 9.84. The van der Waals surface area contributed by atoms with E-state index >= 15 is 0 Å². The van der Waals surface area contributed by atoms with Crippen LogP contribution in [0, 0.1) is 5.92 Å². The maximum Gasteiger partial charge on any atom is 0.254 e. The number of piperidine rings is 1. The van der Waals surface area contributed by atoms with Gasteiger partial charge in [0.2, 0.25) is 11.9 Å². The molecule has 2 aromatic rings. The molecule has 168 valence electrons. The highest BCUT2D eigenvalue weighted by Crippen LogP contribution is 2.40. The molecule has 1 aromatic carbocycles. The number of carbonyl (C=O) groups is 2. The number of hydrogen-bond donors (Lipinski definition) is 1. The molecule has 0 spiro atoms. The van der Waals surface area contributed by atoms with Crippen LogP contribution in [0.4, 0.5) is 5.95 Å². The van der Waals surface area contributed by atoms with Crippen LogP contribution in [0.5, 0.6) is 0 Å². The fourth-order valence-electron chi connectivity index (χ4n) is 5.74. The van der Waals surface area contributed by atoms with Crippen LogP contribution >= 0.6 is 0 Å². The van der Waals surface area contributed by atoms with E-state index in [-0.39, 0.29) is 29.9 Å². The number of carbonyl (C=O) groups excluding carboxylic acids is 2. The average Bonchev–Trinajstić information content (AvgIpc) is 3.25. The standard InChI is InChI=1S/C25H31N5O2/c31-23(28-20-11-6-15-29(17-20)25-26-13-7-14-27-25)22-16-19-10-4-5-12-21(19)30(22)24(32)18-8-2-1-3-9-18/h1-3,7-9,13-14,19-22H,4-6,10-12,15-17H2,(H,28,31). The first-order valence-corrected chi connectivity index (χ1v) is 11.9. The van der Waals surface area contributed by atoms with E-state index in [2.05, 4.69) is 20.2 Å². The van der Waals surface area contributed by atoms with Gasteiger partial charge in [0.15, 0.2) is 0 Å². The predicted octanol–water partition coefficient (Wildman–Crippen LogP) is 3.04. The zero-order valence-electron chi connectivity index (χ0n) is 18.4. The monoisotopic (exact) mass is 433 g/mol. The molecule has 3 fully saturated rings. The van der Waals surface area contributed by atoms with Crippen LogP contribution in [-0.4, -0.2) is 57.9 Å². The molecule has 5 rings (SSSR count). The van der Waals surface area contributed by atoms with Crippen molar-refractivity contribution in [3.63, 3.8) is 0 Å². The molecule has 1 N–H and O–H groups in total. The Morgan fingerprint density at radius 2 is 1.72 bits per heavy atom. The first-order chi connectivity index (χ1) is 15.7. The molecule has 3 aliphatic rings. The third kappa shape index (κ3) is 4.20. The van der Waals surface area contributed by atoms with Crippen molar-refractivity contribution < 1.29 is 9.59 Å². The average molecular weight is 434 g/mol. The molecule has 0 radical (unpaired) electrons. The number of benzene rings is 1. The van der Waals surface area contributed by atoms with E-state index in [4.69, 9.17) is 0 Å². The molecule has 0 bridgehead atoms. The molecule has 2 aliphatic heterocycles. The van der Waals surface area contributed by atoms with Crippen LogP contribution in [0.1, 0.15) is 55.3 Å². The van der Waals surface area contributed by atoms with Gasteiger partial charge in [0.05, 0.1) is 0 Å². The Hall–Kier alpha value is -2.96. The number of nitrogens with one attached hydrogen (secondary N) is 1. The maximum atomic E-state index is 13.5. The summed E-state index contributed by atoms with van der Waals surface area (Å²) in [4.78, 5) is 39.7. The van der Waals surface area contributed by atoms with Crippen LogP contribution in [-0.2, 0) is 4.79 Å². The third-order valence-corrected chi connectivity index (χ3v) is 7.25. The van der Waals surface area contributed by atoms with Gasteiger partial charge in [0.1, 0.15) is 6.04 Å². The number of fused-ring (bicyclic) bond motifs is 1. The van der Waals surface area contributed by atoms with Crippen molar-refractivity contribution in [3.8, 4) is 0 Å². The van der Waals surface area contributed by atoms with Crippen molar-refractivity contribution in [3.05, 3.63) is 54.4 Å². The molecule has 4 atom stereocenters. The largest absolute Gasteiger partial charge is 0.350 e. The first kappa shape index (κ1) is 20.9. The lowest BCUT2D eigenvalue weighted by Crippen LogP contribution is -2.54. The summed E-state index contributed by atoms with van der Waals surface area (Å²) in [6.45, 7) is 1.59.